The molecule has 2 heterocycles. The Bertz CT molecular complexity index is 845. The van der Waals surface area contributed by atoms with Crippen molar-refractivity contribution in [2.24, 2.45) is 5.10 Å². The van der Waals surface area contributed by atoms with Gasteiger partial charge in [0.05, 0.1) is 18.3 Å². The fraction of sp³-hybridized carbons (Fsp3) is 0.333. The molecule has 6 heteroatoms. The predicted octanol–water partition coefficient (Wildman–Crippen LogP) is 4.25. The number of amides is 1. The van der Waals surface area contributed by atoms with E-state index >= 15 is 0 Å². The second kappa shape index (κ2) is 7.79. The van der Waals surface area contributed by atoms with E-state index in [9.17, 15) is 9.18 Å². The largest absolute Gasteiger partial charge is 0.294 e. The number of likely N-dealkylation sites (tertiary alicyclic amines) is 1. The molecule has 1 atom stereocenters. The van der Waals surface area contributed by atoms with Crippen molar-refractivity contribution < 1.29 is 9.18 Å². The van der Waals surface area contributed by atoms with Crippen molar-refractivity contribution in [3.63, 3.8) is 0 Å². The Morgan fingerprint density at radius 1 is 1.07 bits per heavy atom. The van der Waals surface area contributed by atoms with Crippen molar-refractivity contribution >= 4 is 23.2 Å². The van der Waals surface area contributed by atoms with Crippen LogP contribution in [-0.2, 0) is 4.79 Å². The number of benzene rings is 2. The fourth-order valence-corrected chi connectivity index (χ4v) is 3.83. The maximum Gasteiger partial charge on any atom is 0.257 e. The Balaban J connectivity index is 1.61. The summed E-state index contributed by atoms with van der Waals surface area (Å²) in [6.07, 6.45) is 2.87. The summed E-state index contributed by atoms with van der Waals surface area (Å²) in [7, 11) is 0. The Morgan fingerprint density at radius 2 is 1.74 bits per heavy atom. The normalized spacial score (nSPS) is 20.1. The third-order valence-electron chi connectivity index (χ3n) is 5.16. The average molecular weight is 386 g/mol. The van der Waals surface area contributed by atoms with E-state index in [2.05, 4.69) is 10.0 Å². The first kappa shape index (κ1) is 18.1. The lowest BCUT2D eigenvalue weighted by atomic mass is 9.98. The summed E-state index contributed by atoms with van der Waals surface area (Å²) < 4.78 is 13.3. The molecule has 27 heavy (non-hydrogen) atoms. The van der Waals surface area contributed by atoms with Crippen molar-refractivity contribution in [2.75, 3.05) is 19.6 Å². The summed E-state index contributed by atoms with van der Waals surface area (Å²) in [5.74, 6) is -0.289. The van der Waals surface area contributed by atoms with E-state index in [-0.39, 0.29) is 17.8 Å². The van der Waals surface area contributed by atoms with E-state index in [1.54, 1.807) is 17.1 Å². The van der Waals surface area contributed by atoms with Crippen molar-refractivity contribution in [3.05, 3.63) is 70.5 Å². The first-order valence-electron chi connectivity index (χ1n) is 9.23. The van der Waals surface area contributed by atoms with Gasteiger partial charge in [-0.1, -0.05) is 35.9 Å². The molecule has 2 aromatic rings. The van der Waals surface area contributed by atoms with Gasteiger partial charge in [-0.2, -0.15) is 5.10 Å². The van der Waals surface area contributed by atoms with E-state index in [4.69, 9.17) is 11.6 Å². The molecule has 1 amide bonds. The summed E-state index contributed by atoms with van der Waals surface area (Å²) in [4.78, 5) is 15.1. The van der Waals surface area contributed by atoms with Crippen LogP contribution in [0.3, 0.4) is 0 Å². The van der Waals surface area contributed by atoms with Crippen LogP contribution in [0.1, 0.15) is 36.4 Å². The van der Waals surface area contributed by atoms with Gasteiger partial charge in [-0.15, -0.1) is 0 Å². The van der Waals surface area contributed by atoms with Crippen LogP contribution >= 0.6 is 11.6 Å². The van der Waals surface area contributed by atoms with Gasteiger partial charge in [0.2, 0.25) is 0 Å². The smallest absolute Gasteiger partial charge is 0.257 e. The molecule has 1 unspecified atom stereocenters. The molecule has 0 radical (unpaired) electrons. The molecule has 2 aliphatic rings. The zero-order valence-corrected chi connectivity index (χ0v) is 15.7. The molecular weight excluding hydrogens is 365 g/mol. The number of hydrogen-bond donors (Lipinski definition) is 0. The zero-order chi connectivity index (χ0) is 18.8. The van der Waals surface area contributed by atoms with Crippen LogP contribution in [-0.4, -0.2) is 41.2 Å². The molecule has 0 aromatic heterocycles. The lowest BCUT2D eigenvalue weighted by Crippen LogP contribution is -2.36. The van der Waals surface area contributed by atoms with Crippen molar-refractivity contribution in [2.45, 2.75) is 25.3 Å². The third-order valence-corrected chi connectivity index (χ3v) is 5.41. The number of rotatable bonds is 4. The maximum atomic E-state index is 13.3. The highest BCUT2D eigenvalue weighted by Crippen LogP contribution is 2.33. The highest BCUT2D eigenvalue weighted by atomic mass is 35.5. The Labute approximate surface area is 163 Å². The first-order valence-corrected chi connectivity index (χ1v) is 9.61. The third kappa shape index (κ3) is 4.04. The van der Waals surface area contributed by atoms with Gasteiger partial charge in [0.25, 0.3) is 5.91 Å². The summed E-state index contributed by atoms with van der Waals surface area (Å²) in [5.41, 5.74) is 2.63. The summed E-state index contributed by atoms with van der Waals surface area (Å²) in [6.45, 7) is 2.30. The van der Waals surface area contributed by atoms with Crippen molar-refractivity contribution in [3.8, 4) is 0 Å². The van der Waals surface area contributed by atoms with Gasteiger partial charge in [-0.05, 0) is 61.3 Å². The quantitative estimate of drug-likeness (QED) is 0.788. The monoisotopic (exact) mass is 385 g/mol. The minimum absolute atomic E-state index is 0.00559. The standard InChI is InChI=1S/C21H21ClFN3O/c22-17-7-3-16(4-8-17)20-13-19(15-5-9-18(23)10-6-15)24-26(20)21(27)14-25-11-1-2-12-25/h3-10,20H,1-2,11-14H2. The topological polar surface area (TPSA) is 35.9 Å². The van der Waals surface area contributed by atoms with Crippen molar-refractivity contribution in [1.29, 1.82) is 0 Å². The highest BCUT2D eigenvalue weighted by molar-refractivity contribution is 6.30. The van der Waals surface area contributed by atoms with E-state index in [1.165, 1.54) is 12.1 Å². The fourth-order valence-electron chi connectivity index (χ4n) is 3.71. The molecule has 2 aromatic carbocycles. The molecule has 0 saturated carbocycles. The second-order valence-electron chi connectivity index (χ2n) is 7.05. The number of hydrazone groups is 1. The maximum absolute atomic E-state index is 13.3. The minimum Gasteiger partial charge on any atom is -0.294 e. The minimum atomic E-state index is -0.284. The molecule has 4 rings (SSSR count). The number of carbonyl (C=O) groups excluding carboxylic acids is 1. The molecule has 0 bridgehead atoms. The van der Waals surface area contributed by atoms with Crippen molar-refractivity contribution in [1.82, 2.24) is 9.91 Å². The van der Waals surface area contributed by atoms with Gasteiger partial charge in [0.1, 0.15) is 5.82 Å². The number of nitrogens with zero attached hydrogens (tertiary/aromatic N) is 3. The van der Waals surface area contributed by atoms with Crippen LogP contribution in [0.2, 0.25) is 5.02 Å². The zero-order valence-electron chi connectivity index (χ0n) is 14.9. The summed E-state index contributed by atoms with van der Waals surface area (Å²) in [5, 5.41) is 6.88. The lowest BCUT2D eigenvalue weighted by Gasteiger charge is -2.24. The second-order valence-corrected chi connectivity index (χ2v) is 7.48. The van der Waals surface area contributed by atoms with Gasteiger partial charge < -0.3 is 0 Å². The predicted molar refractivity (Wildman–Crippen MR) is 104 cm³/mol. The average Bonchev–Trinajstić information content (AvgIpc) is 3.33. The number of carbonyl (C=O) groups is 1. The Hall–Kier alpha value is -2.24. The molecule has 2 aliphatic heterocycles. The Morgan fingerprint density at radius 3 is 2.41 bits per heavy atom. The number of hydrogen-bond acceptors (Lipinski definition) is 3. The molecule has 0 N–H and O–H groups in total. The van der Waals surface area contributed by atoms with Gasteiger partial charge in [0, 0.05) is 11.4 Å². The van der Waals surface area contributed by atoms with Gasteiger partial charge in [-0.3, -0.25) is 9.69 Å². The SMILES string of the molecule is O=C(CN1CCCC1)N1N=C(c2ccc(F)cc2)CC1c1ccc(Cl)cc1. The Kier molecular flexibility index (Phi) is 5.23. The summed E-state index contributed by atoms with van der Waals surface area (Å²) >= 11 is 6.02. The van der Waals surface area contributed by atoms with Gasteiger partial charge in [0.15, 0.2) is 0 Å². The highest BCUT2D eigenvalue weighted by Gasteiger charge is 2.34. The molecule has 0 spiro atoms. The van der Waals surface area contributed by atoms with Crippen LogP contribution in [0.4, 0.5) is 4.39 Å². The van der Waals surface area contributed by atoms with Crippen LogP contribution in [0, 0.1) is 5.82 Å². The van der Waals surface area contributed by atoms with Gasteiger partial charge in [-0.25, -0.2) is 9.40 Å². The molecule has 4 nitrogen and oxygen atoms in total. The van der Waals surface area contributed by atoms with Crippen LogP contribution < -0.4 is 0 Å². The van der Waals surface area contributed by atoms with Crippen LogP contribution in [0.5, 0.6) is 0 Å². The number of halogens is 2. The van der Waals surface area contributed by atoms with Crippen LogP contribution in [0.25, 0.3) is 0 Å². The van der Waals surface area contributed by atoms with E-state index in [1.807, 2.05) is 24.3 Å². The van der Waals surface area contributed by atoms with E-state index < -0.39 is 0 Å². The van der Waals surface area contributed by atoms with Gasteiger partial charge >= 0.3 is 0 Å². The molecule has 0 aliphatic carbocycles. The van der Waals surface area contributed by atoms with Crippen LogP contribution in [0.15, 0.2) is 53.6 Å². The lowest BCUT2D eigenvalue weighted by molar-refractivity contribution is -0.134. The molecular formula is C21H21ClFN3O. The molecule has 1 fully saturated rings. The van der Waals surface area contributed by atoms with E-state index in [0.717, 1.165) is 42.8 Å². The summed E-state index contributed by atoms with van der Waals surface area (Å²) in [6, 6.07) is 13.6. The molecule has 140 valence electrons. The molecule has 1 saturated heterocycles. The van der Waals surface area contributed by atoms with E-state index in [0.29, 0.717) is 18.0 Å². The first-order chi connectivity index (χ1) is 13.1.